The lowest BCUT2D eigenvalue weighted by molar-refractivity contribution is -0.144. The molecule has 0 aromatic heterocycles. The zero-order valence-electron chi connectivity index (χ0n) is 22.2. The first-order valence-electron chi connectivity index (χ1n) is 12.7. The predicted octanol–water partition coefficient (Wildman–Crippen LogP) is 5.40. The Morgan fingerprint density at radius 2 is 1.49 bits per heavy atom. The van der Waals surface area contributed by atoms with Crippen molar-refractivity contribution in [3.05, 3.63) is 65.2 Å². The van der Waals surface area contributed by atoms with E-state index < -0.39 is 35.6 Å². The van der Waals surface area contributed by atoms with E-state index in [2.05, 4.69) is 17.4 Å². The zero-order chi connectivity index (χ0) is 27.4. The molecule has 0 spiro atoms. The molecule has 8 nitrogen and oxygen atoms in total. The molecular formula is C29H39NO7. The third-order valence-corrected chi connectivity index (χ3v) is 5.86. The van der Waals surface area contributed by atoms with E-state index in [1.807, 2.05) is 43.3 Å². The van der Waals surface area contributed by atoms with Gasteiger partial charge in [0.2, 0.25) is 0 Å². The number of benzene rings is 2. The summed E-state index contributed by atoms with van der Waals surface area (Å²) in [4.78, 5) is 35.3. The fraction of sp³-hybridized carbons (Fsp3) is 0.483. The standard InChI is InChI=1S/C29H39NO7/c1-20-9-5-6-13-25(20)36-18-8-11-22-16-14-21(15-17-22)10-7-12-23(26(31)32)19-24(27(33)34)30-28(35)37-29(2,3)4/h5-6,9,13-17,23-24H,7-8,10-12,18-19H2,1-4H3,(H,30,35)(H,31,32)(H,33,34)/t23-,24-/m0/s1. The molecule has 0 saturated heterocycles. The van der Waals surface area contributed by atoms with Gasteiger partial charge in [0.1, 0.15) is 17.4 Å². The lowest BCUT2D eigenvalue weighted by Gasteiger charge is -2.23. The maximum atomic E-state index is 12.0. The van der Waals surface area contributed by atoms with Crippen molar-refractivity contribution >= 4 is 18.0 Å². The summed E-state index contributed by atoms with van der Waals surface area (Å²) in [5, 5.41) is 21.3. The Bertz CT molecular complexity index is 1030. The predicted molar refractivity (Wildman–Crippen MR) is 141 cm³/mol. The minimum atomic E-state index is -1.34. The Morgan fingerprint density at radius 3 is 2.03 bits per heavy atom. The highest BCUT2D eigenvalue weighted by Gasteiger charge is 2.29. The first-order valence-corrected chi connectivity index (χ1v) is 12.7. The molecule has 2 rings (SSSR count). The normalized spacial score (nSPS) is 12.9. The lowest BCUT2D eigenvalue weighted by Crippen LogP contribution is -2.45. The van der Waals surface area contributed by atoms with Gasteiger partial charge in [-0.2, -0.15) is 0 Å². The van der Waals surface area contributed by atoms with Crippen LogP contribution in [0.15, 0.2) is 48.5 Å². The van der Waals surface area contributed by atoms with Gasteiger partial charge in [0, 0.05) is 0 Å². The molecule has 0 radical (unpaired) electrons. The summed E-state index contributed by atoms with van der Waals surface area (Å²) in [7, 11) is 0. The van der Waals surface area contributed by atoms with Crippen molar-refractivity contribution in [2.24, 2.45) is 5.92 Å². The number of aryl methyl sites for hydroxylation is 3. The molecule has 0 unspecified atom stereocenters. The summed E-state index contributed by atoms with van der Waals surface area (Å²) in [6.45, 7) is 7.66. The van der Waals surface area contributed by atoms with Crippen LogP contribution in [0.1, 0.15) is 63.1 Å². The van der Waals surface area contributed by atoms with Crippen molar-refractivity contribution < 1.29 is 34.1 Å². The van der Waals surface area contributed by atoms with Crippen LogP contribution in [-0.2, 0) is 27.2 Å². The van der Waals surface area contributed by atoms with Crippen LogP contribution in [0.5, 0.6) is 5.75 Å². The first kappa shape index (κ1) is 29.7. The number of hydrogen-bond donors (Lipinski definition) is 3. The molecule has 37 heavy (non-hydrogen) atoms. The molecule has 0 bridgehead atoms. The fourth-order valence-corrected chi connectivity index (χ4v) is 3.90. The maximum Gasteiger partial charge on any atom is 0.408 e. The Balaban J connectivity index is 1.78. The number of alkyl carbamates (subject to hydrolysis) is 1. The minimum absolute atomic E-state index is 0.215. The maximum absolute atomic E-state index is 12.0. The second-order valence-corrected chi connectivity index (χ2v) is 10.2. The second kappa shape index (κ2) is 14.3. The molecular weight excluding hydrogens is 474 g/mol. The van der Waals surface area contributed by atoms with Crippen molar-refractivity contribution in [3.63, 3.8) is 0 Å². The smallest absolute Gasteiger partial charge is 0.408 e. The average molecular weight is 514 g/mol. The monoisotopic (exact) mass is 513 g/mol. The Kier molecular flexibility index (Phi) is 11.4. The molecule has 0 heterocycles. The summed E-state index contributed by atoms with van der Waals surface area (Å²) < 4.78 is 10.9. The molecule has 0 fully saturated rings. The molecule has 0 saturated carbocycles. The Morgan fingerprint density at radius 1 is 0.892 bits per heavy atom. The topological polar surface area (TPSA) is 122 Å². The van der Waals surface area contributed by atoms with E-state index in [0.717, 1.165) is 29.7 Å². The van der Waals surface area contributed by atoms with Crippen molar-refractivity contribution in [2.75, 3.05) is 6.61 Å². The highest BCUT2D eigenvalue weighted by Crippen LogP contribution is 2.19. The summed E-state index contributed by atoms with van der Waals surface area (Å²) >= 11 is 0. The molecule has 2 atom stereocenters. The minimum Gasteiger partial charge on any atom is -0.493 e. The van der Waals surface area contributed by atoms with Gasteiger partial charge in [-0.15, -0.1) is 0 Å². The van der Waals surface area contributed by atoms with Crippen molar-refractivity contribution in [3.8, 4) is 5.75 Å². The number of nitrogens with one attached hydrogen (secondary N) is 1. The number of ether oxygens (including phenoxy) is 2. The number of aliphatic carboxylic acids is 2. The van der Waals surface area contributed by atoms with Crippen LogP contribution in [0.3, 0.4) is 0 Å². The van der Waals surface area contributed by atoms with Gasteiger partial charge >= 0.3 is 18.0 Å². The SMILES string of the molecule is Cc1ccccc1OCCCc1ccc(CCC[C@@H](C[C@H](NC(=O)OC(C)(C)C)C(=O)O)C(=O)O)cc1. The number of para-hydroxylation sites is 1. The van der Waals surface area contributed by atoms with Crippen LogP contribution in [0.2, 0.25) is 0 Å². The Hall–Kier alpha value is -3.55. The van der Waals surface area contributed by atoms with Crippen molar-refractivity contribution in [2.45, 2.75) is 77.9 Å². The van der Waals surface area contributed by atoms with Crippen LogP contribution in [0, 0.1) is 12.8 Å². The molecule has 8 heteroatoms. The van der Waals surface area contributed by atoms with E-state index in [1.54, 1.807) is 20.8 Å². The largest absolute Gasteiger partial charge is 0.493 e. The summed E-state index contributed by atoms with van der Waals surface area (Å²) in [5.41, 5.74) is 2.63. The lowest BCUT2D eigenvalue weighted by atomic mass is 9.93. The van der Waals surface area contributed by atoms with Crippen LogP contribution in [0.4, 0.5) is 4.79 Å². The third-order valence-electron chi connectivity index (χ3n) is 5.86. The van der Waals surface area contributed by atoms with Crippen molar-refractivity contribution in [1.29, 1.82) is 0 Å². The number of carboxylic acids is 2. The van der Waals surface area contributed by atoms with E-state index in [1.165, 1.54) is 5.56 Å². The summed E-state index contributed by atoms with van der Waals surface area (Å²) in [5.74, 6) is -2.37. The van der Waals surface area contributed by atoms with E-state index in [0.29, 0.717) is 25.9 Å². The van der Waals surface area contributed by atoms with Crippen LogP contribution in [-0.4, -0.2) is 46.5 Å². The van der Waals surface area contributed by atoms with Gasteiger partial charge in [0.15, 0.2) is 0 Å². The quantitative estimate of drug-likeness (QED) is 0.289. The van der Waals surface area contributed by atoms with Crippen LogP contribution >= 0.6 is 0 Å². The summed E-state index contributed by atoms with van der Waals surface area (Å²) in [6, 6.07) is 14.8. The van der Waals surface area contributed by atoms with Crippen LogP contribution in [0.25, 0.3) is 0 Å². The van der Waals surface area contributed by atoms with E-state index >= 15 is 0 Å². The average Bonchev–Trinajstić information content (AvgIpc) is 2.81. The molecule has 2 aromatic rings. The number of carbonyl (C=O) groups excluding carboxylic acids is 1. The Labute approximate surface area is 219 Å². The first-order chi connectivity index (χ1) is 17.4. The van der Waals surface area contributed by atoms with E-state index in [9.17, 15) is 24.6 Å². The number of carboxylic acid groups (broad SMARTS) is 2. The van der Waals surface area contributed by atoms with Crippen LogP contribution < -0.4 is 10.1 Å². The van der Waals surface area contributed by atoms with Gasteiger partial charge in [-0.3, -0.25) is 4.79 Å². The number of carbonyl (C=O) groups is 3. The van der Waals surface area contributed by atoms with Crippen molar-refractivity contribution in [1.82, 2.24) is 5.32 Å². The summed E-state index contributed by atoms with van der Waals surface area (Å²) in [6.07, 6.45) is 2.26. The molecule has 0 aliphatic heterocycles. The highest BCUT2D eigenvalue weighted by molar-refractivity contribution is 5.81. The third kappa shape index (κ3) is 11.4. The highest BCUT2D eigenvalue weighted by atomic mass is 16.6. The molecule has 0 aliphatic carbocycles. The fourth-order valence-electron chi connectivity index (χ4n) is 3.90. The van der Waals surface area contributed by atoms with Gasteiger partial charge < -0.3 is 25.0 Å². The number of amides is 1. The van der Waals surface area contributed by atoms with Gasteiger partial charge in [-0.05, 0) is 89.0 Å². The number of rotatable bonds is 14. The molecule has 2 aromatic carbocycles. The van der Waals surface area contributed by atoms with E-state index in [4.69, 9.17) is 9.47 Å². The molecule has 0 aliphatic rings. The van der Waals surface area contributed by atoms with Gasteiger partial charge in [0.05, 0.1) is 12.5 Å². The second-order valence-electron chi connectivity index (χ2n) is 10.2. The molecule has 3 N–H and O–H groups in total. The van der Waals surface area contributed by atoms with Gasteiger partial charge in [-0.1, -0.05) is 42.5 Å². The van der Waals surface area contributed by atoms with Gasteiger partial charge in [-0.25, -0.2) is 9.59 Å². The number of hydrogen-bond acceptors (Lipinski definition) is 5. The van der Waals surface area contributed by atoms with E-state index in [-0.39, 0.29) is 6.42 Å². The zero-order valence-corrected chi connectivity index (χ0v) is 22.2. The molecule has 1 amide bonds. The molecule has 202 valence electrons. The van der Waals surface area contributed by atoms with Gasteiger partial charge in [0.25, 0.3) is 0 Å².